The smallest absolute Gasteiger partial charge is 0.326 e. The number of carboxylic acid groups (broad SMARTS) is 1. The Labute approximate surface area is 108 Å². The van der Waals surface area contributed by atoms with Gasteiger partial charge in [-0.05, 0) is 32.4 Å². The van der Waals surface area contributed by atoms with Crippen LogP contribution >= 0.6 is 0 Å². The van der Waals surface area contributed by atoms with Crippen molar-refractivity contribution in [3.05, 3.63) is 0 Å². The first-order valence-electron chi connectivity index (χ1n) is 6.51. The molecule has 2 N–H and O–H groups in total. The topological polar surface area (TPSA) is 72.9 Å². The molecular weight excluding hydrogens is 234 g/mol. The number of carbonyl (C=O) groups excluding carboxylic acids is 1. The molecule has 0 saturated carbocycles. The third-order valence-electron chi connectivity index (χ3n) is 3.30. The van der Waals surface area contributed by atoms with Gasteiger partial charge in [-0.1, -0.05) is 6.92 Å². The van der Waals surface area contributed by atoms with E-state index >= 15 is 0 Å². The van der Waals surface area contributed by atoms with Gasteiger partial charge in [0.2, 0.25) is 0 Å². The van der Waals surface area contributed by atoms with Crippen LogP contribution in [0.15, 0.2) is 0 Å². The fraction of sp³-hybridized carbons (Fsp3) is 0.833. The maximum absolute atomic E-state index is 11.8. The predicted molar refractivity (Wildman–Crippen MR) is 68.6 cm³/mol. The molecule has 104 valence electrons. The summed E-state index contributed by atoms with van der Waals surface area (Å²) in [6.07, 6.45) is 2.85. The highest BCUT2D eigenvalue weighted by Crippen LogP contribution is 2.06. The van der Waals surface area contributed by atoms with E-state index in [9.17, 15) is 9.59 Å². The molecule has 1 aliphatic heterocycles. The average Bonchev–Trinajstić information content (AvgIpc) is 2.85. The van der Waals surface area contributed by atoms with Gasteiger partial charge in [-0.25, -0.2) is 9.59 Å². The summed E-state index contributed by atoms with van der Waals surface area (Å²) in [6, 6.07) is -1.12. The quantitative estimate of drug-likeness (QED) is 0.730. The summed E-state index contributed by atoms with van der Waals surface area (Å²) < 4.78 is 0. The first-order valence-corrected chi connectivity index (χ1v) is 6.51. The first-order chi connectivity index (χ1) is 8.54. The molecule has 1 saturated heterocycles. The fourth-order valence-electron chi connectivity index (χ4n) is 2.00. The molecule has 0 bridgehead atoms. The van der Waals surface area contributed by atoms with Crippen LogP contribution in [0.25, 0.3) is 0 Å². The van der Waals surface area contributed by atoms with Gasteiger partial charge in [-0.15, -0.1) is 0 Å². The number of nitrogens with zero attached hydrogens (tertiary/aromatic N) is 2. The molecule has 6 heteroatoms. The van der Waals surface area contributed by atoms with Gasteiger partial charge in [0, 0.05) is 20.1 Å². The molecule has 1 fully saturated rings. The van der Waals surface area contributed by atoms with Crippen LogP contribution in [-0.2, 0) is 4.79 Å². The highest BCUT2D eigenvalue weighted by Gasteiger charge is 2.20. The minimum Gasteiger partial charge on any atom is -0.480 e. The molecule has 18 heavy (non-hydrogen) atoms. The molecule has 2 amide bonds. The number of hydrogen-bond donors (Lipinski definition) is 2. The molecule has 0 aromatic rings. The largest absolute Gasteiger partial charge is 0.480 e. The Morgan fingerprint density at radius 2 is 2.00 bits per heavy atom. The SMILES string of the molecule is CCC(NC(=O)N(C)CCN1CCCC1)C(=O)O. The zero-order valence-electron chi connectivity index (χ0n) is 11.2. The second-order valence-corrected chi connectivity index (χ2v) is 4.72. The van der Waals surface area contributed by atoms with Crippen LogP contribution in [0.5, 0.6) is 0 Å². The molecule has 0 aromatic carbocycles. The van der Waals surface area contributed by atoms with Gasteiger partial charge in [0.1, 0.15) is 6.04 Å². The summed E-state index contributed by atoms with van der Waals surface area (Å²) in [5.74, 6) is -0.987. The molecule has 0 radical (unpaired) electrons. The fourth-order valence-corrected chi connectivity index (χ4v) is 2.00. The van der Waals surface area contributed by atoms with Gasteiger partial charge >= 0.3 is 12.0 Å². The monoisotopic (exact) mass is 257 g/mol. The van der Waals surface area contributed by atoms with E-state index < -0.39 is 12.0 Å². The molecule has 1 rings (SSSR count). The molecule has 0 spiro atoms. The maximum atomic E-state index is 11.8. The van der Waals surface area contributed by atoms with E-state index in [2.05, 4.69) is 10.2 Å². The van der Waals surface area contributed by atoms with Crippen molar-refractivity contribution >= 4 is 12.0 Å². The third kappa shape index (κ3) is 4.52. The van der Waals surface area contributed by atoms with E-state index in [-0.39, 0.29) is 6.03 Å². The Balaban J connectivity index is 2.29. The van der Waals surface area contributed by atoms with Crippen LogP contribution in [0.1, 0.15) is 26.2 Å². The molecule has 6 nitrogen and oxygen atoms in total. The number of urea groups is 1. The summed E-state index contributed by atoms with van der Waals surface area (Å²) >= 11 is 0. The van der Waals surface area contributed by atoms with Crippen LogP contribution in [-0.4, -0.2) is 66.2 Å². The predicted octanol–water partition coefficient (Wildman–Crippen LogP) is 0.587. The minimum atomic E-state index is -0.987. The summed E-state index contributed by atoms with van der Waals surface area (Å²) in [7, 11) is 1.69. The van der Waals surface area contributed by atoms with Crippen molar-refractivity contribution in [2.24, 2.45) is 0 Å². The van der Waals surface area contributed by atoms with Gasteiger partial charge < -0.3 is 20.2 Å². The molecule has 0 aliphatic carbocycles. The highest BCUT2D eigenvalue weighted by molar-refractivity contribution is 5.82. The van der Waals surface area contributed by atoms with E-state index in [0.717, 1.165) is 19.6 Å². The van der Waals surface area contributed by atoms with Crippen LogP contribution in [0, 0.1) is 0 Å². The van der Waals surface area contributed by atoms with E-state index in [1.165, 1.54) is 12.8 Å². The van der Waals surface area contributed by atoms with E-state index in [1.54, 1.807) is 18.9 Å². The molecular formula is C12H23N3O3. The number of likely N-dealkylation sites (N-methyl/N-ethyl adjacent to an activating group) is 1. The Bertz CT molecular complexity index is 290. The number of hydrogen-bond acceptors (Lipinski definition) is 3. The molecule has 1 heterocycles. The summed E-state index contributed by atoms with van der Waals surface area (Å²) in [5, 5.41) is 11.4. The zero-order chi connectivity index (χ0) is 13.5. The summed E-state index contributed by atoms with van der Waals surface area (Å²) in [6.45, 7) is 5.42. The molecule has 1 unspecified atom stereocenters. The van der Waals surface area contributed by atoms with Crippen LogP contribution in [0.2, 0.25) is 0 Å². The van der Waals surface area contributed by atoms with Crippen molar-refractivity contribution in [1.82, 2.24) is 15.1 Å². The number of carbonyl (C=O) groups is 2. The Hall–Kier alpha value is -1.30. The highest BCUT2D eigenvalue weighted by atomic mass is 16.4. The lowest BCUT2D eigenvalue weighted by molar-refractivity contribution is -0.139. The summed E-state index contributed by atoms with van der Waals surface area (Å²) in [4.78, 5) is 26.4. The lowest BCUT2D eigenvalue weighted by atomic mass is 10.2. The minimum absolute atomic E-state index is 0.316. The molecule has 1 aliphatic rings. The van der Waals surface area contributed by atoms with Crippen molar-refractivity contribution in [2.75, 3.05) is 33.2 Å². The van der Waals surface area contributed by atoms with Gasteiger partial charge in [-0.3, -0.25) is 0 Å². The van der Waals surface area contributed by atoms with Crippen molar-refractivity contribution in [3.63, 3.8) is 0 Å². The number of likely N-dealkylation sites (tertiary alicyclic amines) is 1. The van der Waals surface area contributed by atoms with Crippen molar-refractivity contribution in [2.45, 2.75) is 32.2 Å². The van der Waals surface area contributed by atoms with Crippen molar-refractivity contribution in [3.8, 4) is 0 Å². The summed E-state index contributed by atoms with van der Waals surface area (Å²) in [5.41, 5.74) is 0. The van der Waals surface area contributed by atoms with Gasteiger partial charge in [0.25, 0.3) is 0 Å². The van der Waals surface area contributed by atoms with Crippen LogP contribution < -0.4 is 5.32 Å². The van der Waals surface area contributed by atoms with Crippen LogP contribution in [0.3, 0.4) is 0 Å². The average molecular weight is 257 g/mol. The number of amides is 2. The van der Waals surface area contributed by atoms with Crippen LogP contribution in [0.4, 0.5) is 4.79 Å². The third-order valence-corrected chi connectivity index (χ3v) is 3.30. The van der Waals surface area contributed by atoms with E-state index in [4.69, 9.17) is 5.11 Å². The van der Waals surface area contributed by atoms with Gasteiger partial charge in [-0.2, -0.15) is 0 Å². The maximum Gasteiger partial charge on any atom is 0.326 e. The number of nitrogens with one attached hydrogen (secondary N) is 1. The lowest BCUT2D eigenvalue weighted by Gasteiger charge is -2.23. The zero-order valence-corrected chi connectivity index (χ0v) is 11.2. The number of rotatable bonds is 6. The normalized spacial score (nSPS) is 17.4. The second-order valence-electron chi connectivity index (χ2n) is 4.72. The molecule has 1 atom stereocenters. The van der Waals surface area contributed by atoms with Crippen molar-refractivity contribution < 1.29 is 14.7 Å². The lowest BCUT2D eigenvalue weighted by Crippen LogP contribution is -2.47. The number of carboxylic acids is 1. The van der Waals surface area contributed by atoms with Gasteiger partial charge in [0.05, 0.1) is 0 Å². The Kier molecular flexibility index (Phi) is 5.91. The molecule has 0 aromatic heterocycles. The Morgan fingerprint density at radius 1 is 1.39 bits per heavy atom. The van der Waals surface area contributed by atoms with Gasteiger partial charge in [0.15, 0.2) is 0 Å². The van der Waals surface area contributed by atoms with E-state index in [1.807, 2.05) is 0 Å². The van der Waals surface area contributed by atoms with E-state index in [0.29, 0.717) is 13.0 Å². The van der Waals surface area contributed by atoms with Crippen molar-refractivity contribution in [1.29, 1.82) is 0 Å². The Morgan fingerprint density at radius 3 is 2.50 bits per heavy atom. The first kappa shape index (κ1) is 14.8. The standard InChI is InChI=1S/C12H23N3O3/c1-3-10(11(16)17)13-12(18)14(2)8-9-15-6-4-5-7-15/h10H,3-9H2,1-2H3,(H,13,18)(H,16,17). The number of aliphatic carboxylic acids is 1. The second kappa shape index (κ2) is 7.20.